The molecular weight excluding hydrogens is 721 g/mol. The molecule has 4 rings (SSSR count). The molecule has 0 spiro atoms. The topological polar surface area (TPSA) is 137 Å². The van der Waals surface area contributed by atoms with E-state index in [1.807, 2.05) is 101 Å². The number of nitrogens with zero attached hydrogens (tertiary/aromatic N) is 2. The third kappa shape index (κ3) is 17.5. The number of para-hydroxylation sites is 2. The molecule has 12 heteroatoms. The Kier molecular flexibility index (Phi) is 17.0. The highest BCUT2D eigenvalue weighted by Crippen LogP contribution is 2.21. The summed E-state index contributed by atoms with van der Waals surface area (Å²) in [5.74, 6) is 2.37. The fourth-order valence-electron chi connectivity index (χ4n) is 5.76. The maximum atomic E-state index is 12.8. The van der Waals surface area contributed by atoms with Gasteiger partial charge in [0.1, 0.15) is 11.2 Å². The molecule has 2 N–H and O–H groups in total. The van der Waals surface area contributed by atoms with E-state index >= 15 is 0 Å². The Labute approximate surface area is 326 Å². The van der Waals surface area contributed by atoms with Crippen LogP contribution in [0.5, 0.6) is 0 Å². The second-order valence-corrected chi connectivity index (χ2v) is 19.3. The lowest BCUT2D eigenvalue weighted by Gasteiger charge is -2.24. The van der Waals surface area contributed by atoms with Gasteiger partial charge in [-0.15, -0.1) is 0 Å². The number of alkyl carbamates (subject to hydrolysis) is 2. The van der Waals surface area contributed by atoms with Crippen LogP contribution >= 0.6 is 11.8 Å². The number of carbonyl (C=O) groups is 2. The van der Waals surface area contributed by atoms with Crippen molar-refractivity contribution >= 4 is 55.6 Å². The number of ether oxygens (including phenoxy) is 2. The van der Waals surface area contributed by atoms with E-state index in [0.29, 0.717) is 24.4 Å². The number of thioether (sulfide) groups is 1. The van der Waals surface area contributed by atoms with Crippen molar-refractivity contribution in [2.24, 2.45) is 11.8 Å². The Morgan fingerprint density at radius 2 is 1.35 bits per heavy atom. The lowest BCUT2D eigenvalue weighted by Crippen LogP contribution is -2.43. The Morgan fingerprint density at radius 1 is 0.815 bits per heavy atom. The molecule has 2 amide bonds. The number of aromatic nitrogens is 2. The summed E-state index contributed by atoms with van der Waals surface area (Å²) in [6.45, 7) is 17.8. The number of fused-ring (bicyclic) bond motifs is 2. The smallest absolute Gasteiger partial charge is 0.407 e. The zero-order valence-corrected chi connectivity index (χ0v) is 35.1. The molecule has 54 heavy (non-hydrogen) atoms. The Hall–Kier alpha value is -3.90. The third-order valence-electron chi connectivity index (χ3n) is 7.87. The minimum Gasteiger partial charge on any atom is -0.444 e. The van der Waals surface area contributed by atoms with Gasteiger partial charge in [-0.3, -0.25) is 9.97 Å². The van der Waals surface area contributed by atoms with Crippen molar-refractivity contribution in [3.8, 4) is 0 Å². The first-order valence-electron chi connectivity index (χ1n) is 18.7. The van der Waals surface area contributed by atoms with Crippen molar-refractivity contribution in [1.82, 2.24) is 20.6 Å². The summed E-state index contributed by atoms with van der Waals surface area (Å²) in [4.78, 5) is 32.8. The number of amides is 2. The maximum Gasteiger partial charge on any atom is 0.407 e. The summed E-state index contributed by atoms with van der Waals surface area (Å²) in [5.41, 5.74) is 2.65. The monoisotopic (exact) mass is 780 g/mol. The van der Waals surface area contributed by atoms with E-state index in [9.17, 15) is 18.0 Å². The molecule has 0 bridgehead atoms. The van der Waals surface area contributed by atoms with Crippen LogP contribution in [0.15, 0.2) is 73.1 Å². The molecule has 0 aliphatic carbocycles. The van der Waals surface area contributed by atoms with Gasteiger partial charge in [-0.05, 0) is 107 Å². The lowest BCUT2D eigenvalue weighted by atomic mass is 10.1. The van der Waals surface area contributed by atoms with Gasteiger partial charge in [-0.2, -0.15) is 11.8 Å². The standard InChI is InChI=1S/C21H30N2O4S.C21H30N2O2S/c1-15(2)10-18(23-20(24)27-21(3,4)5)14-28(25,26)13-16-11-17-8-6-7-9-19(17)22-12-16;1-5-8-16(12-23-20(24)25-21(2,3)4)14-26-15-17-11-18-9-6-7-10-19(18)22-13-17/h6-9,11-12,15,18H,10,13-14H2,1-5H3,(H,23,24);6-7,9-11,13,16H,5,8,12,14-15H2,1-4H3,(H,23,24)/t18-;16-/m00/s1. The maximum absolute atomic E-state index is 12.8. The summed E-state index contributed by atoms with van der Waals surface area (Å²) >= 11 is 1.90. The molecule has 2 aromatic carbocycles. The van der Waals surface area contributed by atoms with E-state index in [4.69, 9.17) is 9.47 Å². The fourth-order valence-corrected chi connectivity index (χ4v) is 8.51. The van der Waals surface area contributed by atoms with Crippen LogP contribution in [0.25, 0.3) is 21.8 Å². The molecule has 0 radical (unpaired) electrons. The average molecular weight is 781 g/mol. The Balaban J connectivity index is 0.000000291. The van der Waals surface area contributed by atoms with Crippen LogP contribution in [0, 0.1) is 11.8 Å². The van der Waals surface area contributed by atoms with E-state index in [1.165, 1.54) is 10.9 Å². The average Bonchev–Trinajstić information content (AvgIpc) is 3.05. The number of carbonyl (C=O) groups excluding carboxylic acids is 2. The second kappa shape index (κ2) is 20.7. The van der Waals surface area contributed by atoms with Gasteiger partial charge in [-0.1, -0.05) is 63.6 Å². The first-order chi connectivity index (χ1) is 25.3. The molecule has 0 saturated carbocycles. The molecule has 296 valence electrons. The number of sulfone groups is 1. The van der Waals surface area contributed by atoms with Crippen LogP contribution in [-0.2, 0) is 30.8 Å². The lowest BCUT2D eigenvalue weighted by molar-refractivity contribution is 0.0498. The van der Waals surface area contributed by atoms with Gasteiger partial charge in [0, 0.05) is 41.5 Å². The van der Waals surface area contributed by atoms with Crippen LogP contribution in [-0.4, -0.2) is 65.9 Å². The van der Waals surface area contributed by atoms with Gasteiger partial charge < -0.3 is 20.1 Å². The third-order valence-corrected chi connectivity index (χ3v) is 10.8. The first-order valence-corrected chi connectivity index (χ1v) is 21.7. The molecule has 2 atom stereocenters. The largest absolute Gasteiger partial charge is 0.444 e. The molecule has 0 aliphatic rings. The molecule has 4 aromatic rings. The van der Waals surface area contributed by atoms with E-state index in [0.717, 1.165) is 40.8 Å². The van der Waals surface area contributed by atoms with Crippen LogP contribution in [0.3, 0.4) is 0 Å². The summed E-state index contributed by atoms with van der Waals surface area (Å²) in [6, 6.07) is 19.3. The summed E-state index contributed by atoms with van der Waals surface area (Å²) < 4.78 is 36.1. The SMILES string of the molecule is CC(C)C[C@@H](CS(=O)(=O)Cc1cnc2ccccc2c1)NC(=O)OC(C)(C)C.CCC[C@@H](CNC(=O)OC(C)(C)C)CSCc1cnc2ccccc2c1. The van der Waals surface area contributed by atoms with E-state index < -0.39 is 33.2 Å². The van der Waals surface area contributed by atoms with Crippen molar-refractivity contribution < 1.29 is 27.5 Å². The second-order valence-electron chi connectivity index (χ2n) is 16.2. The van der Waals surface area contributed by atoms with Crippen LogP contribution < -0.4 is 10.6 Å². The van der Waals surface area contributed by atoms with Gasteiger partial charge in [-0.25, -0.2) is 18.0 Å². The summed E-state index contributed by atoms with van der Waals surface area (Å²) in [6.07, 6.45) is 5.39. The summed E-state index contributed by atoms with van der Waals surface area (Å²) in [7, 11) is -3.45. The molecule has 2 heterocycles. The minimum atomic E-state index is -3.45. The van der Waals surface area contributed by atoms with Crippen molar-refractivity contribution in [1.29, 1.82) is 0 Å². The number of rotatable bonds is 15. The highest BCUT2D eigenvalue weighted by molar-refractivity contribution is 7.98. The summed E-state index contributed by atoms with van der Waals surface area (Å²) in [5, 5.41) is 7.72. The molecule has 0 fully saturated rings. The molecular formula is C42H60N4O6S2. The molecule has 2 aromatic heterocycles. The van der Waals surface area contributed by atoms with Crippen molar-refractivity contribution in [2.45, 2.75) is 110 Å². The molecule has 0 aliphatic heterocycles. The fraction of sp³-hybridized carbons (Fsp3) is 0.524. The highest BCUT2D eigenvalue weighted by Gasteiger charge is 2.25. The van der Waals surface area contributed by atoms with Gasteiger partial charge in [0.15, 0.2) is 9.84 Å². The number of nitrogens with one attached hydrogen (secondary N) is 2. The van der Waals surface area contributed by atoms with Crippen molar-refractivity contribution in [3.05, 3.63) is 84.2 Å². The minimum absolute atomic E-state index is 0.116. The number of hydrogen-bond acceptors (Lipinski definition) is 9. The zero-order valence-electron chi connectivity index (χ0n) is 33.5. The van der Waals surface area contributed by atoms with E-state index in [2.05, 4.69) is 39.7 Å². The number of pyridine rings is 2. The van der Waals surface area contributed by atoms with Gasteiger partial charge in [0.05, 0.1) is 22.5 Å². The zero-order chi connectivity index (χ0) is 39.9. The van der Waals surface area contributed by atoms with Gasteiger partial charge in [0.2, 0.25) is 0 Å². The Morgan fingerprint density at radius 3 is 1.91 bits per heavy atom. The van der Waals surface area contributed by atoms with Crippen LogP contribution in [0.2, 0.25) is 0 Å². The normalized spacial score (nSPS) is 13.1. The van der Waals surface area contributed by atoms with E-state index in [-0.39, 0.29) is 23.5 Å². The molecule has 0 unspecified atom stereocenters. The predicted octanol–water partition coefficient (Wildman–Crippen LogP) is 9.50. The molecule has 0 saturated heterocycles. The van der Waals surface area contributed by atoms with Crippen LogP contribution in [0.4, 0.5) is 9.59 Å². The molecule has 10 nitrogen and oxygen atoms in total. The number of hydrogen-bond donors (Lipinski definition) is 2. The van der Waals surface area contributed by atoms with Crippen molar-refractivity contribution in [3.63, 3.8) is 0 Å². The Bertz CT molecular complexity index is 1900. The quantitative estimate of drug-likeness (QED) is 0.121. The van der Waals surface area contributed by atoms with Crippen LogP contribution in [0.1, 0.15) is 92.7 Å². The first kappa shape index (κ1) is 44.5. The highest BCUT2D eigenvalue weighted by atomic mass is 32.2. The predicted molar refractivity (Wildman–Crippen MR) is 222 cm³/mol. The van der Waals surface area contributed by atoms with Gasteiger partial charge >= 0.3 is 12.2 Å². The van der Waals surface area contributed by atoms with E-state index in [1.54, 1.807) is 27.0 Å². The van der Waals surface area contributed by atoms with Gasteiger partial charge in [0.25, 0.3) is 0 Å². The number of benzene rings is 2. The van der Waals surface area contributed by atoms with Crippen molar-refractivity contribution in [2.75, 3.05) is 18.1 Å².